The average Bonchev–Trinajstić information content (AvgIpc) is 3.01. The Bertz CT molecular complexity index is 691. The zero-order chi connectivity index (χ0) is 15.2. The Morgan fingerprint density at radius 2 is 2.33 bits per heavy atom. The maximum atomic E-state index is 14.6. The molecule has 4 N–H and O–H groups in total. The summed E-state index contributed by atoms with van der Waals surface area (Å²) in [6, 6.07) is 3.24. The summed E-state index contributed by atoms with van der Waals surface area (Å²) in [4.78, 5) is 3.85. The summed E-state index contributed by atoms with van der Waals surface area (Å²) in [5.74, 6) is 0.252. The second-order valence-electron chi connectivity index (χ2n) is 4.96. The van der Waals surface area contributed by atoms with Crippen LogP contribution in [0.5, 0.6) is 0 Å². The first-order valence-corrected chi connectivity index (χ1v) is 6.36. The van der Waals surface area contributed by atoms with Crippen molar-refractivity contribution in [2.24, 2.45) is 0 Å². The Hall–Kier alpha value is -2.03. The fraction of sp³-hybridized carbons (Fsp3) is 0.385. The Balaban J connectivity index is 2.08. The molecule has 0 saturated carbocycles. The van der Waals surface area contributed by atoms with Gasteiger partial charge in [-0.3, -0.25) is 0 Å². The van der Waals surface area contributed by atoms with Crippen LogP contribution in [0.4, 0.5) is 10.2 Å². The van der Waals surface area contributed by atoms with Crippen LogP contribution in [0, 0.1) is 0 Å². The van der Waals surface area contributed by atoms with Crippen LogP contribution in [0.3, 0.4) is 0 Å². The summed E-state index contributed by atoms with van der Waals surface area (Å²) in [6.45, 7) is 2.72. The highest BCUT2D eigenvalue weighted by Gasteiger charge is 2.56. The van der Waals surface area contributed by atoms with E-state index in [-0.39, 0.29) is 5.82 Å². The van der Waals surface area contributed by atoms with E-state index in [1.165, 1.54) is 16.9 Å². The topological polar surface area (TPSA) is 106 Å². The Kier molecular flexibility index (Phi) is 3.16. The van der Waals surface area contributed by atoms with Crippen molar-refractivity contribution in [3.05, 3.63) is 36.8 Å². The van der Waals surface area contributed by atoms with Crippen molar-refractivity contribution in [1.29, 1.82) is 0 Å². The van der Waals surface area contributed by atoms with Crippen molar-refractivity contribution >= 4 is 11.3 Å². The van der Waals surface area contributed by atoms with Gasteiger partial charge in [-0.25, -0.2) is 13.9 Å². The molecule has 0 radical (unpaired) electrons. The fourth-order valence-electron chi connectivity index (χ4n) is 2.61. The van der Waals surface area contributed by atoms with E-state index < -0.39 is 30.6 Å². The average molecular weight is 294 g/mol. The molecule has 8 heteroatoms. The smallest absolute Gasteiger partial charge is 0.166 e. The molecule has 0 unspecified atom stereocenters. The number of anilines is 1. The maximum absolute atomic E-state index is 14.6. The molecule has 1 fully saturated rings. The first-order valence-electron chi connectivity index (χ1n) is 6.36. The van der Waals surface area contributed by atoms with Crippen LogP contribution in [0.25, 0.3) is 5.52 Å². The highest BCUT2D eigenvalue weighted by atomic mass is 19.1. The quantitative estimate of drug-likeness (QED) is 0.688. The normalized spacial score (nSPS) is 32.6. The van der Waals surface area contributed by atoms with Gasteiger partial charge in [-0.15, -0.1) is 6.58 Å². The molecule has 3 heterocycles. The number of hydrogen-bond donors (Lipinski definition) is 3. The minimum Gasteiger partial charge on any atom is -0.393 e. The van der Waals surface area contributed by atoms with Gasteiger partial charge >= 0.3 is 0 Å². The number of aliphatic hydroxyl groups is 2. The standard InChI is InChI=1S/C13H15FN4O3/c1-2-9-13(20,5-19)11(14)10(21-9)7-3-4-8-12(15)16-6-17-18(7)8/h2-4,6,9-11,19-20H,1,5H2,(H2,15,16,17)/t9-,10-,11-,13+/m0/s1. The molecule has 0 spiro atoms. The molecular formula is C13H15FN4O3. The minimum absolute atomic E-state index is 0.252. The molecule has 1 aliphatic heterocycles. The molecule has 2 aromatic heterocycles. The first kappa shape index (κ1) is 13.9. The largest absolute Gasteiger partial charge is 0.393 e. The maximum Gasteiger partial charge on any atom is 0.166 e. The molecule has 0 aliphatic carbocycles. The molecule has 1 saturated heterocycles. The number of ether oxygens (including phenoxy) is 1. The van der Waals surface area contributed by atoms with Crippen LogP contribution in [-0.4, -0.2) is 49.3 Å². The molecule has 1 aliphatic rings. The van der Waals surface area contributed by atoms with E-state index in [9.17, 15) is 14.6 Å². The predicted octanol–water partition coefficient (Wildman–Crippen LogP) is -0.00110. The number of rotatable bonds is 3. The lowest BCUT2D eigenvalue weighted by molar-refractivity contribution is -0.0752. The molecule has 0 aromatic carbocycles. The van der Waals surface area contributed by atoms with E-state index >= 15 is 0 Å². The van der Waals surface area contributed by atoms with Crippen LogP contribution in [0.1, 0.15) is 11.8 Å². The van der Waals surface area contributed by atoms with E-state index in [2.05, 4.69) is 16.7 Å². The molecule has 7 nitrogen and oxygen atoms in total. The van der Waals surface area contributed by atoms with Crippen molar-refractivity contribution < 1.29 is 19.3 Å². The molecule has 4 atom stereocenters. The third-order valence-corrected chi connectivity index (χ3v) is 3.80. The number of alkyl halides is 1. The van der Waals surface area contributed by atoms with Gasteiger partial charge in [-0.05, 0) is 12.1 Å². The predicted molar refractivity (Wildman–Crippen MR) is 72.1 cm³/mol. The van der Waals surface area contributed by atoms with Gasteiger partial charge in [0.05, 0.1) is 12.3 Å². The summed E-state index contributed by atoms with van der Waals surface area (Å²) in [5.41, 5.74) is 4.58. The summed E-state index contributed by atoms with van der Waals surface area (Å²) in [5, 5.41) is 23.6. The van der Waals surface area contributed by atoms with Gasteiger partial charge in [0, 0.05) is 0 Å². The zero-order valence-corrected chi connectivity index (χ0v) is 11.1. The van der Waals surface area contributed by atoms with E-state index in [1.807, 2.05) is 0 Å². The van der Waals surface area contributed by atoms with Crippen molar-refractivity contribution in [2.75, 3.05) is 12.3 Å². The highest BCUT2D eigenvalue weighted by Crippen LogP contribution is 2.42. The summed E-state index contributed by atoms with van der Waals surface area (Å²) < 4.78 is 21.5. The van der Waals surface area contributed by atoms with Crippen molar-refractivity contribution in [3.63, 3.8) is 0 Å². The molecular weight excluding hydrogens is 279 g/mol. The van der Waals surface area contributed by atoms with Crippen LogP contribution in [0.15, 0.2) is 31.1 Å². The summed E-state index contributed by atoms with van der Waals surface area (Å²) in [7, 11) is 0. The van der Waals surface area contributed by atoms with Crippen molar-refractivity contribution in [3.8, 4) is 0 Å². The molecule has 2 aromatic rings. The molecule has 3 rings (SSSR count). The zero-order valence-electron chi connectivity index (χ0n) is 11.1. The second-order valence-corrected chi connectivity index (χ2v) is 4.96. The van der Waals surface area contributed by atoms with Gasteiger partial charge in [0.15, 0.2) is 17.6 Å². The van der Waals surface area contributed by atoms with E-state index in [0.29, 0.717) is 11.2 Å². The van der Waals surface area contributed by atoms with Gasteiger partial charge in [0.1, 0.15) is 24.1 Å². The summed E-state index contributed by atoms with van der Waals surface area (Å²) >= 11 is 0. The number of fused-ring (bicyclic) bond motifs is 1. The van der Waals surface area contributed by atoms with Crippen LogP contribution in [0.2, 0.25) is 0 Å². The SMILES string of the molecule is C=C[C@@H]1O[C@@H](c2ccc3c(N)ncnn23)[C@H](F)[C@@]1(O)CO. The Labute approximate surface area is 119 Å². The number of halogens is 1. The molecule has 0 amide bonds. The minimum atomic E-state index is -2.03. The summed E-state index contributed by atoms with van der Waals surface area (Å²) in [6.07, 6.45) is -1.44. The van der Waals surface area contributed by atoms with Crippen LogP contribution < -0.4 is 5.73 Å². The lowest BCUT2D eigenvalue weighted by Crippen LogP contribution is -2.48. The molecule has 21 heavy (non-hydrogen) atoms. The van der Waals surface area contributed by atoms with Crippen LogP contribution >= 0.6 is 0 Å². The van der Waals surface area contributed by atoms with E-state index in [1.54, 1.807) is 12.1 Å². The number of hydrogen-bond acceptors (Lipinski definition) is 6. The molecule has 0 bridgehead atoms. The van der Waals surface area contributed by atoms with Crippen molar-refractivity contribution in [1.82, 2.24) is 14.6 Å². The number of nitrogen functional groups attached to an aromatic ring is 1. The van der Waals surface area contributed by atoms with Gasteiger partial charge < -0.3 is 20.7 Å². The molecule has 112 valence electrons. The number of aromatic nitrogens is 3. The fourth-order valence-corrected chi connectivity index (χ4v) is 2.61. The van der Waals surface area contributed by atoms with Crippen LogP contribution in [-0.2, 0) is 4.74 Å². The highest BCUT2D eigenvalue weighted by molar-refractivity contribution is 5.65. The number of nitrogens with two attached hydrogens (primary N) is 1. The number of nitrogens with zero attached hydrogens (tertiary/aromatic N) is 3. The van der Waals surface area contributed by atoms with Gasteiger partial charge in [-0.1, -0.05) is 6.08 Å². The number of aliphatic hydroxyl groups excluding tert-OH is 1. The lowest BCUT2D eigenvalue weighted by atomic mass is 9.92. The monoisotopic (exact) mass is 294 g/mol. The van der Waals surface area contributed by atoms with E-state index in [4.69, 9.17) is 10.5 Å². The first-order chi connectivity index (χ1) is 10.0. The van der Waals surface area contributed by atoms with Gasteiger partial charge in [-0.2, -0.15) is 5.10 Å². The van der Waals surface area contributed by atoms with Crippen molar-refractivity contribution in [2.45, 2.75) is 24.0 Å². The van der Waals surface area contributed by atoms with Gasteiger partial charge in [0.25, 0.3) is 0 Å². The van der Waals surface area contributed by atoms with Gasteiger partial charge in [0.2, 0.25) is 0 Å². The lowest BCUT2D eigenvalue weighted by Gasteiger charge is -2.25. The third kappa shape index (κ3) is 1.84. The Morgan fingerprint density at radius 1 is 1.57 bits per heavy atom. The Morgan fingerprint density at radius 3 is 2.95 bits per heavy atom. The van der Waals surface area contributed by atoms with E-state index in [0.717, 1.165) is 0 Å². The second kappa shape index (κ2) is 4.76. The third-order valence-electron chi connectivity index (χ3n) is 3.80.